The summed E-state index contributed by atoms with van der Waals surface area (Å²) in [5.74, 6) is 5.59. The van der Waals surface area contributed by atoms with Gasteiger partial charge in [0.2, 0.25) is 0 Å². The van der Waals surface area contributed by atoms with Gasteiger partial charge >= 0.3 is 0 Å². The maximum atomic E-state index is 11.9. The van der Waals surface area contributed by atoms with Gasteiger partial charge in [-0.05, 0) is 18.2 Å². The zero-order valence-corrected chi connectivity index (χ0v) is 11.1. The second kappa shape index (κ2) is 6.73. The summed E-state index contributed by atoms with van der Waals surface area (Å²) in [5, 5.41) is 6.91. The lowest BCUT2D eigenvalue weighted by atomic mass is 10.4. The van der Waals surface area contributed by atoms with Crippen molar-refractivity contribution in [1.82, 2.24) is 15.1 Å². The topological polar surface area (TPSA) is 72.9 Å². The molecule has 0 atom stereocenters. The summed E-state index contributed by atoms with van der Waals surface area (Å²) in [7, 11) is 0. The van der Waals surface area contributed by atoms with Gasteiger partial charge in [-0.2, -0.15) is 5.10 Å². The molecule has 0 saturated heterocycles. The zero-order chi connectivity index (χ0) is 13.5. The number of carbonyl (C=O) groups excluding carboxylic acids is 1. The van der Waals surface area contributed by atoms with Gasteiger partial charge in [-0.3, -0.25) is 9.48 Å². The minimum Gasteiger partial charge on any atom is -0.349 e. The van der Waals surface area contributed by atoms with Crippen LogP contribution >= 0.6 is 11.3 Å². The molecule has 0 spiro atoms. The molecular weight excluding hydrogens is 260 g/mol. The number of hydrogen-bond donors (Lipinski definition) is 2. The van der Waals surface area contributed by atoms with Gasteiger partial charge in [-0.1, -0.05) is 11.8 Å². The molecule has 3 N–H and O–H groups in total. The van der Waals surface area contributed by atoms with Crippen LogP contribution in [0.5, 0.6) is 0 Å². The predicted molar refractivity (Wildman–Crippen MR) is 74.8 cm³/mol. The highest BCUT2D eigenvalue weighted by Crippen LogP contribution is 2.14. The van der Waals surface area contributed by atoms with E-state index in [1.807, 2.05) is 18.3 Å². The average molecular weight is 274 g/mol. The normalized spacial score (nSPS) is 9.74. The number of amides is 1. The Bertz CT molecular complexity index is 592. The zero-order valence-electron chi connectivity index (χ0n) is 10.3. The van der Waals surface area contributed by atoms with E-state index >= 15 is 0 Å². The molecule has 2 heterocycles. The van der Waals surface area contributed by atoms with E-state index in [0.29, 0.717) is 24.5 Å². The summed E-state index contributed by atoms with van der Waals surface area (Å²) in [5.41, 5.74) is 5.30. The number of hydrogen-bond acceptors (Lipinski definition) is 4. The summed E-state index contributed by atoms with van der Waals surface area (Å²) < 4.78 is 1.77. The van der Waals surface area contributed by atoms with Gasteiger partial charge in [0, 0.05) is 18.9 Å². The predicted octanol–water partition coefficient (Wildman–Crippen LogP) is 0.685. The Morgan fingerprint density at radius 1 is 1.53 bits per heavy atom. The van der Waals surface area contributed by atoms with E-state index in [9.17, 15) is 4.79 Å². The molecule has 0 radical (unpaired) electrons. The molecule has 0 aromatic carbocycles. The quantitative estimate of drug-likeness (QED) is 0.805. The Kier molecular flexibility index (Phi) is 4.72. The highest BCUT2D eigenvalue weighted by atomic mass is 32.1. The molecule has 0 unspecified atom stereocenters. The number of nitrogens with two attached hydrogens (primary N) is 1. The van der Waals surface area contributed by atoms with E-state index < -0.39 is 0 Å². The van der Waals surface area contributed by atoms with Gasteiger partial charge in [0.25, 0.3) is 5.91 Å². The molecule has 0 bridgehead atoms. The number of thiophene rings is 1. The molecule has 5 nitrogen and oxygen atoms in total. The third kappa shape index (κ3) is 3.95. The number of nitrogens with zero attached hydrogens (tertiary/aromatic N) is 2. The van der Waals surface area contributed by atoms with Crippen LogP contribution in [-0.4, -0.2) is 28.8 Å². The van der Waals surface area contributed by atoms with Gasteiger partial charge in [0.15, 0.2) is 0 Å². The van der Waals surface area contributed by atoms with Crippen molar-refractivity contribution in [2.45, 2.75) is 6.54 Å². The molecule has 98 valence electrons. The highest BCUT2D eigenvalue weighted by molar-refractivity contribution is 7.14. The van der Waals surface area contributed by atoms with Crippen molar-refractivity contribution < 1.29 is 4.79 Å². The van der Waals surface area contributed by atoms with E-state index in [1.165, 1.54) is 11.3 Å². The molecule has 2 aromatic rings. The third-order valence-corrected chi connectivity index (χ3v) is 3.33. The van der Waals surface area contributed by atoms with E-state index in [0.717, 1.165) is 4.88 Å². The van der Waals surface area contributed by atoms with Crippen LogP contribution in [0.1, 0.15) is 14.5 Å². The van der Waals surface area contributed by atoms with Gasteiger partial charge in [-0.15, -0.1) is 11.3 Å². The number of rotatable bonds is 4. The summed E-state index contributed by atoms with van der Waals surface area (Å²) >= 11 is 1.37. The number of carbonyl (C=O) groups is 1. The van der Waals surface area contributed by atoms with Crippen molar-refractivity contribution in [1.29, 1.82) is 0 Å². The minimum absolute atomic E-state index is 0.0852. The van der Waals surface area contributed by atoms with E-state index in [-0.39, 0.29) is 5.91 Å². The first kappa shape index (κ1) is 13.3. The molecule has 2 aromatic heterocycles. The fraction of sp³-hybridized carbons (Fsp3) is 0.231. The molecule has 19 heavy (non-hydrogen) atoms. The highest BCUT2D eigenvalue weighted by Gasteiger charge is 2.07. The van der Waals surface area contributed by atoms with E-state index in [2.05, 4.69) is 22.3 Å². The van der Waals surface area contributed by atoms with Crippen molar-refractivity contribution >= 4 is 17.2 Å². The fourth-order valence-electron chi connectivity index (χ4n) is 1.47. The first-order valence-corrected chi connectivity index (χ1v) is 6.65. The summed E-state index contributed by atoms with van der Waals surface area (Å²) in [6.07, 6.45) is 3.57. The van der Waals surface area contributed by atoms with Crippen LogP contribution in [0, 0.1) is 11.8 Å². The Hall–Kier alpha value is -2.10. The molecule has 6 heteroatoms. The SMILES string of the molecule is NCC#Cc1ccc(C(=O)NCCn2cccn2)s1. The number of nitrogens with one attached hydrogen (secondary N) is 1. The fourth-order valence-corrected chi connectivity index (χ4v) is 2.27. The van der Waals surface area contributed by atoms with Crippen molar-refractivity contribution in [3.8, 4) is 11.8 Å². The Morgan fingerprint density at radius 2 is 2.42 bits per heavy atom. The van der Waals surface area contributed by atoms with E-state index in [1.54, 1.807) is 16.9 Å². The molecule has 1 amide bonds. The lowest BCUT2D eigenvalue weighted by Crippen LogP contribution is -2.26. The van der Waals surface area contributed by atoms with Crippen LogP contribution < -0.4 is 11.1 Å². The molecule has 0 aliphatic rings. The first-order chi connectivity index (χ1) is 9.29. The van der Waals surface area contributed by atoms with Crippen LogP contribution in [0.15, 0.2) is 30.6 Å². The van der Waals surface area contributed by atoms with Crippen molar-refractivity contribution in [2.24, 2.45) is 5.73 Å². The average Bonchev–Trinajstić information content (AvgIpc) is 3.07. The monoisotopic (exact) mass is 274 g/mol. The summed E-state index contributed by atoms with van der Waals surface area (Å²) in [6.45, 7) is 1.52. The van der Waals surface area contributed by atoms with Gasteiger partial charge < -0.3 is 11.1 Å². The minimum atomic E-state index is -0.0852. The first-order valence-electron chi connectivity index (χ1n) is 5.84. The van der Waals surface area contributed by atoms with E-state index in [4.69, 9.17) is 5.73 Å². The van der Waals surface area contributed by atoms with Crippen molar-refractivity contribution in [3.63, 3.8) is 0 Å². The summed E-state index contributed by atoms with van der Waals surface area (Å²) in [4.78, 5) is 13.4. The van der Waals surface area contributed by atoms with Crippen molar-refractivity contribution in [2.75, 3.05) is 13.1 Å². The Morgan fingerprint density at radius 3 is 3.16 bits per heavy atom. The molecule has 0 saturated carbocycles. The standard InChI is InChI=1S/C13H14N4OS/c14-6-1-3-11-4-5-12(19-11)13(18)15-8-10-17-9-2-7-16-17/h2,4-5,7,9H,6,8,10,14H2,(H,15,18). The van der Waals surface area contributed by atoms with Crippen molar-refractivity contribution in [3.05, 3.63) is 40.3 Å². The summed E-state index contributed by atoms with van der Waals surface area (Å²) in [6, 6.07) is 5.45. The number of aromatic nitrogens is 2. The second-order valence-corrected chi connectivity index (χ2v) is 4.78. The molecule has 0 fully saturated rings. The van der Waals surface area contributed by atoms with Crippen LogP contribution in [0.2, 0.25) is 0 Å². The molecule has 2 rings (SSSR count). The molecule has 0 aliphatic carbocycles. The largest absolute Gasteiger partial charge is 0.349 e. The maximum Gasteiger partial charge on any atom is 0.261 e. The van der Waals surface area contributed by atoms with Gasteiger partial charge in [0.1, 0.15) is 0 Å². The lowest BCUT2D eigenvalue weighted by Gasteiger charge is -2.03. The van der Waals surface area contributed by atoms with Gasteiger partial charge in [-0.25, -0.2) is 0 Å². The Labute approximate surface area is 115 Å². The lowest BCUT2D eigenvalue weighted by molar-refractivity contribution is 0.0956. The smallest absolute Gasteiger partial charge is 0.261 e. The maximum absolute atomic E-state index is 11.9. The van der Waals surface area contributed by atoms with Crippen LogP contribution in [0.3, 0.4) is 0 Å². The molecule has 0 aliphatic heterocycles. The van der Waals surface area contributed by atoms with Gasteiger partial charge in [0.05, 0.1) is 22.8 Å². The molecular formula is C13H14N4OS. The Balaban J connectivity index is 1.84. The third-order valence-electron chi connectivity index (χ3n) is 2.33. The van der Waals surface area contributed by atoms with Crippen LogP contribution in [0.25, 0.3) is 0 Å². The van der Waals surface area contributed by atoms with Crippen LogP contribution in [-0.2, 0) is 6.54 Å². The van der Waals surface area contributed by atoms with Crippen LogP contribution in [0.4, 0.5) is 0 Å². The second-order valence-electron chi connectivity index (χ2n) is 3.69.